The number of rotatable bonds is 5. The van der Waals surface area contributed by atoms with Gasteiger partial charge in [-0.25, -0.2) is 4.39 Å². The normalized spacial score (nSPS) is 14.0. The number of esters is 1. The van der Waals surface area contributed by atoms with Gasteiger partial charge in [0, 0.05) is 6.04 Å². The van der Waals surface area contributed by atoms with Gasteiger partial charge in [-0.3, -0.25) is 9.59 Å². The maximum absolute atomic E-state index is 13.6. The van der Waals surface area contributed by atoms with Crippen molar-refractivity contribution >= 4 is 11.9 Å². The molecule has 0 radical (unpaired) electrons. The summed E-state index contributed by atoms with van der Waals surface area (Å²) in [6, 6.07) is 5.82. The fourth-order valence-corrected chi connectivity index (χ4v) is 1.89. The van der Waals surface area contributed by atoms with E-state index in [9.17, 15) is 14.0 Å². The number of amides is 1. The average molecular weight is 265 g/mol. The number of carbonyl (C=O) groups is 2. The molecular weight excluding hydrogens is 249 g/mol. The Bertz CT molecular complexity index is 485. The molecule has 1 amide bonds. The van der Waals surface area contributed by atoms with Gasteiger partial charge in [0.25, 0.3) is 5.91 Å². The number of carbonyl (C=O) groups excluding carboxylic acids is 2. The molecule has 4 nitrogen and oxygen atoms in total. The summed E-state index contributed by atoms with van der Waals surface area (Å²) in [5.74, 6) is -1.48. The standard InChI is InChI=1S/C14H16FNO3/c1-2-19-13(17)9-16(10-7-8-10)14(18)11-5-3-4-6-12(11)15/h3-6,10H,2,7-9H2,1H3. The SMILES string of the molecule is CCOC(=O)CN(C(=O)c1ccccc1F)C1CC1. The van der Waals surface area contributed by atoms with Crippen molar-refractivity contribution in [2.75, 3.05) is 13.2 Å². The van der Waals surface area contributed by atoms with Crippen LogP contribution in [0.25, 0.3) is 0 Å². The summed E-state index contributed by atoms with van der Waals surface area (Å²) in [4.78, 5) is 25.2. The molecule has 5 heteroatoms. The van der Waals surface area contributed by atoms with E-state index in [1.165, 1.54) is 23.1 Å². The summed E-state index contributed by atoms with van der Waals surface area (Å²) in [6.07, 6.45) is 1.69. The molecule has 0 bridgehead atoms. The molecule has 1 aromatic carbocycles. The zero-order valence-electron chi connectivity index (χ0n) is 10.8. The maximum atomic E-state index is 13.6. The largest absolute Gasteiger partial charge is 0.465 e. The summed E-state index contributed by atoms with van der Waals surface area (Å²) < 4.78 is 18.4. The van der Waals surface area contributed by atoms with Gasteiger partial charge in [-0.05, 0) is 31.9 Å². The second kappa shape index (κ2) is 5.82. The molecular formula is C14H16FNO3. The zero-order valence-corrected chi connectivity index (χ0v) is 10.8. The predicted molar refractivity (Wildman–Crippen MR) is 67.1 cm³/mol. The second-order valence-corrected chi connectivity index (χ2v) is 4.45. The Morgan fingerprint density at radius 2 is 2.05 bits per heavy atom. The first-order chi connectivity index (χ1) is 9.13. The second-order valence-electron chi connectivity index (χ2n) is 4.45. The van der Waals surface area contributed by atoms with E-state index in [1.54, 1.807) is 13.0 Å². The van der Waals surface area contributed by atoms with Crippen molar-refractivity contribution in [3.8, 4) is 0 Å². The molecule has 2 rings (SSSR count). The molecule has 1 aromatic rings. The molecule has 0 unspecified atom stereocenters. The van der Waals surface area contributed by atoms with Gasteiger partial charge >= 0.3 is 5.97 Å². The van der Waals surface area contributed by atoms with E-state index >= 15 is 0 Å². The van der Waals surface area contributed by atoms with Gasteiger partial charge in [-0.1, -0.05) is 12.1 Å². The molecule has 0 aliphatic heterocycles. The van der Waals surface area contributed by atoms with Crippen LogP contribution >= 0.6 is 0 Å². The summed E-state index contributed by atoms with van der Waals surface area (Å²) in [5, 5.41) is 0. The van der Waals surface area contributed by atoms with Crippen molar-refractivity contribution < 1.29 is 18.7 Å². The van der Waals surface area contributed by atoms with Crippen LogP contribution in [-0.4, -0.2) is 36.0 Å². The Morgan fingerprint density at radius 1 is 1.37 bits per heavy atom. The number of halogens is 1. The van der Waals surface area contributed by atoms with Crippen LogP contribution in [0.1, 0.15) is 30.1 Å². The van der Waals surface area contributed by atoms with Crippen LogP contribution in [0, 0.1) is 5.82 Å². The Hall–Kier alpha value is -1.91. The molecule has 1 fully saturated rings. The molecule has 0 spiro atoms. The lowest BCUT2D eigenvalue weighted by Crippen LogP contribution is -2.38. The van der Waals surface area contributed by atoms with Crippen LogP contribution in [0.3, 0.4) is 0 Å². The van der Waals surface area contributed by atoms with Gasteiger partial charge in [0.05, 0.1) is 12.2 Å². The minimum absolute atomic E-state index is 0.00121. The molecule has 19 heavy (non-hydrogen) atoms. The monoisotopic (exact) mass is 265 g/mol. The Balaban J connectivity index is 2.13. The van der Waals surface area contributed by atoms with Crippen LogP contribution < -0.4 is 0 Å². The first-order valence-corrected chi connectivity index (χ1v) is 6.34. The van der Waals surface area contributed by atoms with Crippen LogP contribution in [0.5, 0.6) is 0 Å². The minimum Gasteiger partial charge on any atom is -0.465 e. The summed E-state index contributed by atoms with van der Waals surface area (Å²) >= 11 is 0. The first kappa shape index (κ1) is 13.5. The van der Waals surface area contributed by atoms with E-state index in [1.807, 2.05) is 0 Å². The van der Waals surface area contributed by atoms with Crippen molar-refractivity contribution in [2.45, 2.75) is 25.8 Å². The molecule has 102 valence electrons. The fraction of sp³-hybridized carbons (Fsp3) is 0.429. The van der Waals surface area contributed by atoms with Gasteiger partial charge in [0.1, 0.15) is 12.4 Å². The van der Waals surface area contributed by atoms with Crippen molar-refractivity contribution in [1.29, 1.82) is 0 Å². The van der Waals surface area contributed by atoms with Crippen molar-refractivity contribution in [3.63, 3.8) is 0 Å². The van der Waals surface area contributed by atoms with Crippen LogP contribution in [-0.2, 0) is 9.53 Å². The molecule has 1 aliphatic carbocycles. The first-order valence-electron chi connectivity index (χ1n) is 6.34. The van der Waals surface area contributed by atoms with Crippen molar-refractivity contribution in [1.82, 2.24) is 4.90 Å². The lowest BCUT2D eigenvalue weighted by atomic mass is 10.2. The molecule has 0 N–H and O–H groups in total. The highest BCUT2D eigenvalue weighted by Gasteiger charge is 2.35. The number of hydrogen-bond acceptors (Lipinski definition) is 3. The Kier molecular flexibility index (Phi) is 4.14. The fourth-order valence-electron chi connectivity index (χ4n) is 1.89. The number of ether oxygens (including phenoxy) is 1. The molecule has 0 heterocycles. The van der Waals surface area contributed by atoms with Gasteiger partial charge in [0.2, 0.25) is 0 Å². The summed E-state index contributed by atoms with van der Waals surface area (Å²) in [5.41, 5.74) is -0.00121. The lowest BCUT2D eigenvalue weighted by molar-refractivity contribution is -0.144. The predicted octanol–water partition coefficient (Wildman–Crippen LogP) is 1.99. The molecule has 0 atom stereocenters. The smallest absolute Gasteiger partial charge is 0.325 e. The highest BCUT2D eigenvalue weighted by Crippen LogP contribution is 2.28. The third-order valence-corrected chi connectivity index (χ3v) is 2.96. The third kappa shape index (κ3) is 3.30. The third-order valence-electron chi connectivity index (χ3n) is 2.96. The van der Waals surface area contributed by atoms with E-state index in [4.69, 9.17) is 4.74 Å². The highest BCUT2D eigenvalue weighted by atomic mass is 19.1. The Morgan fingerprint density at radius 3 is 2.63 bits per heavy atom. The highest BCUT2D eigenvalue weighted by molar-refractivity contribution is 5.96. The van der Waals surface area contributed by atoms with E-state index in [0.29, 0.717) is 0 Å². The number of hydrogen-bond donors (Lipinski definition) is 0. The molecule has 0 saturated heterocycles. The molecule has 1 saturated carbocycles. The van der Waals surface area contributed by atoms with E-state index in [0.717, 1.165) is 12.8 Å². The van der Waals surface area contributed by atoms with Crippen molar-refractivity contribution in [3.05, 3.63) is 35.6 Å². The lowest BCUT2D eigenvalue weighted by Gasteiger charge is -2.21. The van der Waals surface area contributed by atoms with Crippen LogP contribution in [0.15, 0.2) is 24.3 Å². The van der Waals surface area contributed by atoms with Crippen molar-refractivity contribution in [2.24, 2.45) is 0 Å². The van der Waals surface area contributed by atoms with Crippen LogP contribution in [0.2, 0.25) is 0 Å². The van der Waals surface area contributed by atoms with Gasteiger partial charge in [0.15, 0.2) is 0 Å². The topological polar surface area (TPSA) is 46.6 Å². The van der Waals surface area contributed by atoms with E-state index in [-0.39, 0.29) is 24.8 Å². The number of nitrogens with zero attached hydrogens (tertiary/aromatic N) is 1. The quantitative estimate of drug-likeness (QED) is 0.765. The molecule has 1 aliphatic rings. The van der Waals surface area contributed by atoms with Gasteiger partial charge < -0.3 is 9.64 Å². The van der Waals surface area contributed by atoms with E-state index in [2.05, 4.69) is 0 Å². The van der Waals surface area contributed by atoms with Crippen LogP contribution in [0.4, 0.5) is 4.39 Å². The van der Waals surface area contributed by atoms with Gasteiger partial charge in [-0.15, -0.1) is 0 Å². The average Bonchev–Trinajstić information content (AvgIpc) is 3.20. The van der Waals surface area contributed by atoms with Gasteiger partial charge in [-0.2, -0.15) is 0 Å². The minimum atomic E-state index is -0.568. The maximum Gasteiger partial charge on any atom is 0.325 e. The van der Waals surface area contributed by atoms with E-state index < -0.39 is 17.7 Å². The summed E-state index contributed by atoms with van der Waals surface area (Å²) in [6.45, 7) is 1.86. The summed E-state index contributed by atoms with van der Waals surface area (Å²) in [7, 11) is 0. The zero-order chi connectivity index (χ0) is 13.8. The number of benzene rings is 1. The Labute approximate surface area is 111 Å². The molecule has 0 aromatic heterocycles.